The summed E-state index contributed by atoms with van der Waals surface area (Å²) in [5.74, 6) is -0.904. The van der Waals surface area contributed by atoms with Crippen molar-refractivity contribution in [3.63, 3.8) is 0 Å². The standard InChI is InChI=1S/C19H21NO2/c1-4-14(13-19(21)22)15-9-11-16(12-10-15)17-7-5-6-8-18(17)20(2)3/h5-13H,4H2,1-3H3,(H,21,22)/b14-13+. The van der Waals surface area contributed by atoms with Crippen LogP contribution in [0, 0.1) is 0 Å². The molecule has 0 saturated heterocycles. The fraction of sp³-hybridized carbons (Fsp3) is 0.211. The van der Waals surface area contributed by atoms with Crippen LogP contribution < -0.4 is 4.90 Å². The molecular formula is C19H21NO2. The van der Waals surface area contributed by atoms with Crippen LogP contribution in [-0.2, 0) is 4.79 Å². The van der Waals surface area contributed by atoms with Crippen molar-refractivity contribution < 1.29 is 9.90 Å². The van der Waals surface area contributed by atoms with Crippen LogP contribution >= 0.6 is 0 Å². The number of benzene rings is 2. The van der Waals surface area contributed by atoms with Gasteiger partial charge in [-0.25, -0.2) is 4.79 Å². The molecule has 0 fully saturated rings. The molecule has 0 unspecified atom stereocenters. The van der Waals surface area contributed by atoms with Crippen molar-refractivity contribution in [1.29, 1.82) is 0 Å². The van der Waals surface area contributed by atoms with Gasteiger partial charge in [0.15, 0.2) is 0 Å². The lowest BCUT2D eigenvalue weighted by Gasteiger charge is -2.17. The number of para-hydroxylation sites is 1. The van der Waals surface area contributed by atoms with E-state index in [1.54, 1.807) is 0 Å². The van der Waals surface area contributed by atoms with Gasteiger partial charge in [0.2, 0.25) is 0 Å². The van der Waals surface area contributed by atoms with Gasteiger partial charge in [-0.3, -0.25) is 0 Å². The maximum absolute atomic E-state index is 10.9. The summed E-state index contributed by atoms with van der Waals surface area (Å²) in [5.41, 5.74) is 5.24. The van der Waals surface area contributed by atoms with E-state index >= 15 is 0 Å². The third-order valence-electron chi connectivity index (χ3n) is 3.63. The predicted octanol–water partition coefficient (Wildman–Crippen LogP) is 4.30. The lowest BCUT2D eigenvalue weighted by molar-refractivity contribution is -0.131. The highest BCUT2D eigenvalue weighted by Gasteiger charge is 2.07. The fourth-order valence-electron chi connectivity index (χ4n) is 2.51. The number of carbonyl (C=O) groups is 1. The summed E-state index contributed by atoms with van der Waals surface area (Å²) in [6, 6.07) is 16.3. The zero-order chi connectivity index (χ0) is 16.1. The van der Waals surface area contributed by atoms with E-state index in [9.17, 15) is 4.79 Å². The highest BCUT2D eigenvalue weighted by atomic mass is 16.4. The molecular weight excluding hydrogens is 274 g/mol. The molecule has 0 atom stereocenters. The molecule has 114 valence electrons. The molecule has 0 heterocycles. The van der Waals surface area contributed by atoms with E-state index in [-0.39, 0.29) is 0 Å². The lowest BCUT2D eigenvalue weighted by Crippen LogP contribution is -2.09. The average molecular weight is 295 g/mol. The largest absolute Gasteiger partial charge is 0.478 e. The van der Waals surface area contributed by atoms with Crippen LogP contribution in [0.3, 0.4) is 0 Å². The van der Waals surface area contributed by atoms with Gasteiger partial charge in [-0.05, 0) is 29.2 Å². The molecule has 3 nitrogen and oxygen atoms in total. The molecule has 2 rings (SSSR count). The summed E-state index contributed by atoms with van der Waals surface area (Å²) >= 11 is 0. The van der Waals surface area contributed by atoms with E-state index in [4.69, 9.17) is 5.11 Å². The van der Waals surface area contributed by atoms with Crippen molar-refractivity contribution in [2.24, 2.45) is 0 Å². The Morgan fingerprint density at radius 2 is 1.73 bits per heavy atom. The summed E-state index contributed by atoms with van der Waals surface area (Å²) in [4.78, 5) is 13.0. The number of allylic oxidation sites excluding steroid dienone is 1. The van der Waals surface area contributed by atoms with Crippen LogP contribution in [0.1, 0.15) is 18.9 Å². The second kappa shape index (κ2) is 6.94. The molecule has 2 aromatic rings. The van der Waals surface area contributed by atoms with Gasteiger partial charge in [0, 0.05) is 31.4 Å². The Hall–Kier alpha value is -2.55. The van der Waals surface area contributed by atoms with Crippen LogP contribution in [0.5, 0.6) is 0 Å². The zero-order valence-electron chi connectivity index (χ0n) is 13.2. The number of aliphatic carboxylic acids is 1. The Kier molecular flexibility index (Phi) is 4.99. The molecule has 2 aromatic carbocycles. The van der Waals surface area contributed by atoms with Crippen molar-refractivity contribution in [1.82, 2.24) is 0 Å². The van der Waals surface area contributed by atoms with Crippen LogP contribution in [0.25, 0.3) is 16.7 Å². The van der Waals surface area contributed by atoms with Crippen molar-refractivity contribution in [2.75, 3.05) is 19.0 Å². The first kappa shape index (κ1) is 15.8. The molecule has 1 N–H and O–H groups in total. The average Bonchev–Trinajstić information content (AvgIpc) is 2.52. The molecule has 0 amide bonds. The van der Waals surface area contributed by atoms with Gasteiger partial charge in [0.25, 0.3) is 0 Å². The number of hydrogen-bond donors (Lipinski definition) is 1. The topological polar surface area (TPSA) is 40.5 Å². The van der Waals surface area contributed by atoms with E-state index in [2.05, 4.69) is 17.0 Å². The highest BCUT2D eigenvalue weighted by molar-refractivity contribution is 5.90. The molecule has 22 heavy (non-hydrogen) atoms. The van der Waals surface area contributed by atoms with Crippen molar-refractivity contribution in [3.8, 4) is 11.1 Å². The van der Waals surface area contributed by atoms with Gasteiger partial charge in [0.1, 0.15) is 0 Å². The highest BCUT2D eigenvalue weighted by Crippen LogP contribution is 2.30. The zero-order valence-corrected chi connectivity index (χ0v) is 13.2. The normalized spacial score (nSPS) is 11.3. The second-order valence-electron chi connectivity index (χ2n) is 5.35. The van der Waals surface area contributed by atoms with E-state index in [1.807, 2.05) is 57.4 Å². The van der Waals surface area contributed by atoms with Crippen molar-refractivity contribution >= 4 is 17.2 Å². The Labute approximate surface area is 131 Å². The summed E-state index contributed by atoms with van der Waals surface area (Å²) in [7, 11) is 4.05. The number of carboxylic acids is 1. The SMILES string of the molecule is CC/C(=C\C(=O)O)c1ccc(-c2ccccc2N(C)C)cc1. The third-order valence-corrected chi connectivity index (χ3v) is 3.63. The fourth-order valence-corrected chi connectivity index (χ4v) is 2.51. The Bertz CT molecular complexity index is 685. The van der Waals surface area contributed by atoms with E-state index in [0.717, 1.165) is 22.4 Å². The Morgan fingerprint density at radius 1 is 1.09 bits per heavy atom. The van der Waals surface area contributed by atoms with Crippen molar-refractivity contribution in [2.45, 2.75) is 13.3 Å². The minimum Gasteiger partial charge on any atom is -0.478 e. The first-order valence-corrected chi connectivity index (χ1v) is 7.33. The number of hydrogen-bond acceptors (Lipinski definition) is 2. The Balaban J connectivity index is 2.40. The monoisotopic (exact) mass is 295 g/mol. The molecule has 0 radical (unpaired) electrons. The summed E-state index contributed by atoms with van der Waals surface area (Å²) in [6.07, 6.45) is 1.97. The Morgan fingerprint density at radius 3 is 2.27 bits per heavy atom. The van der Waals surface area contributed by atoms with Crippen LogP contribution in [0.15, 0.2) is 54.6 Å². The van der Waals surface area contributed by atoms with E-state index < -0.39 is 5.97 Å². The van der Waals surface area contributed by atoms with Crippen molar-refractivity contribution in [3.05, 3.63) is 60.2 Å². The third kappa shape index (κ3) is 3.55. The van der Waals surface area contributed by atoms with Crippen LogP contribution in [-0.4, -0.2) is 25.2 Å². The van der Waals surface area contributed by atoms with Gasteiger partial charge in [-0.2, -0.15) is 0 Å². The molecule has 0 bridgehead atoms. The maximum atomic E-state index is 10.9. The van der Waals surface area contributed by atoms with E-state index in [1.165, 1.54) is 11.6 Å². The minimum absolute atomic E-state index is 0.694. The summed E-state index contributed by atoms with van der Waals surface area (Å²) < 4.78 is 0. The van der Waals surface area contributed by atoms with Gasteiger partial charge >= 0.3 is 5.97 Å². The minimum atomic E-state index is -0.904. The molecule has 0 saturated carbocycles. The van der Waals surface area contributed by atoms with Gasteiger partial charge in [-0.1, -0.05) is 49.4 Å². The lowest BCUT2D eigenvalue weighted by atomic mass is 9.98. The molecule has 0 aromatic heterocycles. The summed E-state index contributed by atoms with van der Waals surface area (Å²) in [6.45, 7) is 1.96. The molecule has 0 aliphatic rings. The van der Waals surface area contributed by atoms with Gasteiger partial charge < -0.3 is 10.0 Å². The molecule has 0 aliphatic heterocycles. The van der Waals surface area contributed by atoms with Gasteiger partial charge in [0.05, 0.1) is 0 Å². The second-order valence-corrected chi connectivity index (χ2v) is 5.35. The first-order chi connectivity index (χ1) is 10.5. The molecule has 0 spiro atoms. The number of rotatable bonds is 5. The number of carboxylic acid groups (broad SMARTS) is 1. The summed E-state index contributed by atoms with van der Waals surface area (Å²) in [5, 5.41) is 8.92. The number of anilines is 1. The predicted molar refractivity (Wildman–Crippen MR) is 92.1 cm³/mol. The van der Waals surface area contributed by atoms with E-state index in [0.29, 0.717) is 6.42 Å². The quantitative estimate of drug-likeness (QED) is 0.836. The van der Waals surface area contributed by atoms with Crippen LogP contribution in [0.2, 0.25) is 0 Å². The molecule has 3 heteroatoms. The maximum Gasteiger partial charge on any atom is 0.328 e. The molecule has 0 aliphatic carbocycles. The first-order valence-electron chi connectivity index (χ1n) is 7.33. The number of nitrogens with zero attached hydrogens (tertiary/aromatic N) is 1. The van der Waals surface area contributed by atoms with Gasteiger partial charge in [-0.15, -0.1) is 0 Å². The smallest absolute Gasteiger partial charge is 0.328 e. The van der Waals surface area contributed by atoms with Crippen LogP contribution in [0.4, 0.5) is 5.69 Å².